The highest BCUT2D eigenvalue weighted by molar-refractivity contribution is 6.04. The van der Waals surface area contributed by atoms with E-state index in [2.05, 4.69) is 10.6 Å². The van der Waals surface area contributed by atoms with Crippen molar-refractivity contribution in [3.05, 3.63) is 29.8 Å². The monoisotopic (exact) mass is 327 g/mol. The van der Waals surface area contributed by atoms with E-state index < -0.39 is 6.04 Å². The summed E-state index contributed by atoms with van der Waals surface area (Å²) < 4.78 is 0. The van der Waals surface area contributed by atoms with E-state index in [-0.39, 0.29) is 29.8 Å². The van der Waals surface area contributed by atoms with E-state index in [1.807, 2.05) is 27.7 Å². The van der Waals surface area contributed by atoms with Gasteiger partial charge in [0.1, 0.15) is 0 Å². The molecule has 1 unspecified atom stereocenters. The largest absolute Gasteiger partial charge is 0.347 e. The van der Waals surface area contributed by atoms with Crippen LogP contribution in [0.3, 0.4) is 0 Å². The number of nitrogens with one attached hydrogen (secondary N) is 2. The van der Waals surface area contributed by atoms with Crippen molar-refractivity contribution < 1.29 is 9.59 Å². The van der Waals surface area contributed by atoms with Crippen LogP contribution in [0.2, 0.25) is 0 Å². The number of carbonyl (C=O) groups excluding carboxylic acids is 2. The minimum atomic E-state index is -0.561. The van der Waals surface area contributed by atoms with E-state index in [9.17, 15) is 9.59 Å². The summed E-state index contributed by atoms with van der Waals surface area (Å²) in [6.45, 7) is 7.69. The van der Waals surface area contributed by atoms with Gasteiger partial charge in [-0.15, -0.1) is 12.4 Å². The molecule has 0 aromatic heterocycles. The average Bonchev–Trinajstić information content (AvgIpc) is 2.37. The highest BCUT2D eigenvalue weighted by Gasteiger charge is 2.20. The van der Waals surface area contributed by atoms with Gasteiger partial charge < -0.3 is 16.4 Å². The molecule has 0 radical (unpaired) electrons. The molecule has 4 N–H and O–H groups in total. The lowest BCUT2D eigenvalue weighted by Crippen LogP contribution is -2.41. The van der Waals surface area contributed by atoms with Crippen molar-refractivity contribution in [3.63, 3.8) is 0 Å². The predicted octanol–water partition coefficient (Wildman–Crippen LogP) is 2.70. The van der Waals surface area contributed by atoms with E-state index in [1.165, 1.54) is 0 Å². The highest BCUT2D eigenvalue weighted by atomic mass is 35.5. The molecule has 0 aliphatic heterocycles. The second-order valence-electron chi connectivity index (χ2n) is 6.13. The smallest absolute Gasteiger partial charge is 0.253 e. The summed E-state index contributed by atoms with van der Waals surface area (Å²) >= 11 is 0. The topological polar surface area (TPSA) is 84.2 Å². The van der Waals surface area contributed by atoms with Crippen molar-refractivity contribution in [2.75, 3.05) is 5.32 Å². The Balaban J connectivity index is 0.00000441. The Labute approximate surface area is 138 Å². The van der Waals surface area contributed by atoms with Crippen LogP contribution in [0.4, 0.5) is 5.69 Å². The van der Waals surface area contributed by atoms with Crippen molar-refractivity contribution in [3.8, 4) is 0 Å². The highest BCUT2D eigenvalue weighted by Crippen LogP contribution is 2.16. The summed E-state index contributed by atoms with van der Waals surface area (Å²) in [4.78, 5) is 24.3. The van der Waals surface area contributed by atoms with Gasteiger partial charge in [-0.25, -0.2) is 0 Å². The average molecular weight is 328 g/mol. The van der Waals surface area contributed by atoms with Crippen molar-refractivity contribution in [1.29, 1.82) is 0 Å². The number of amides is 2. The maximum absolute atomic E-state index is 12.3. The second-order valence-corrected chi connectivity index (χ2v) is 6.13. The van der Waals surface area contributed by atoms with Crippen LogP contribution in [0, 0.1) is 0 Å². The molecule has 124 valence electrons. The molecular weight excluding hydrogens is 302 g/mol. The Morgan fingerprint density at radius 2 is 1.82 bits per heavy atom. The van der Waals surface area contributed by atoms with Gasteiger partial charge in [-0.05, 0) is 39.3 Å². The normalized spacial score (nSPS) is 12.0. The van der Waals surface area contributed by atoms with Crippen LogP contribution >= 0.6 is 12.4 Å². The first kappa shape index (κ1) is 20.4. The molecule has 1 aromatic carbocycles. The van der Waals surface area contributed by atoms with Gasteiger partial charge in [-0.2, -0.15) is 0 Å². The SMILES string of the molecule is CCCC(N)C(=O)Nc1ccccc1C(=O)NC(C)(C)C.Cl. The number of benzene rings is 1. The van der Waals surface area contributed by atoms with Crippen LogP contribution in [-0.4, -0.2) is 23.4 Å². The molecule has 0 bridgehead atoms. The van der Waals surface area contributed by atoms with Crippen LogP contribution in [0.15, 0.2) is 24.3 Å². The van der Waals surface area contributed by atoms with Crippen LogP contribution in [-0.2, 0) is 4.79 Å². The predicted molar refractivity (Wildman–Crippen MR) is 92.4 cm³/mol. The summed E-state index contributed by atoms with van der Waals surface area (Å²) in [6.07, 6.45) is 1.45. The van der Waals surface area contributed by atoms with E-state index in [0.717, 1.165) is 6.42 Å². The fourth-order valence-corrected chi connectivity index (χ4v) is 1.87. The first-order valence-corrected chi connectivity index (χ1v) is 7.22. The Kier molecular flexibility index (Phi) is 8.12. The summed E-state index contributed by atoms with van der Waals surface area (Å²) in [5, 5.41) is 5.62. The van der Waals surface area contributed by atoms with Gasteiger partial charge in [0.25, 0.3) is 5.91 Å². The van der Waals surface area contributed by atoms with Gasteiger partial charge in [0.2, 0.25) is 5.91 Å². The number of rotatable bonds is 5. The Hall–Kier alpha value is -1.59. The molecular formula is C16H26ClN3O2. The Bertz CT molecular complexity index is 512. The molecule has 0 fully saturated rings. The van der Waals surface area contributed by atoms with Gasteiger partial charge in [0.05, 0.1) is 17.3 Å². The summed E-state index contributed by atoms with van der Waals surface area (Å²) in [6, 6.07) is 6.36. The molecule has 0 heterocycles. The van der Waals surface area contributed by atoms with E-state index >= 15 is 0 Å². The fraction of sp³-hybridized carbons (Fsp3) is 0.500. The number of para-hydroxylation sites is 1. The second kappa shape index (κ2) is 8.76. The number of halogens is 1. The third-order valence-electron chi connectivity index (χ3n) is 2.85. The summed E-state index contributed by atoms with van der Waals surface area (Å²) in [5.74, 6) is -0.490. The van der Waals surface area contributed by atoms with Crippen LogP contribution in [0.5, 0.6) is 0 Å². The zero-order chi connectivity index (χ0) is 16.0. The Morgan fingerprint density at radius 1 is 1.23 bits per heavy atom. The number of hydrogen-bond acceptors (Lipinski definition) is 3. The van der Waals surface area contributed by atoms with Gasteiger partial charge >= 0.3 is 0 Å². The van der Waals surface area contributed by atoms with Crippen LogP contribution in [0.25, 0.3) is 0 Å². The molecule has 0 spiro atoms. The van der Waals surface area contributed by atoms with E-state index in [4.69, 9.17) is 5.73 Å². The lowest BCUT2D eigenvalue weighted by atomic mass is 10.1. The number of nitrogens with two attached hydrogens (primary N) is 1. The van der Waals surface area contributed by atoms with Gasteiger partial charge in [-0.3, -0.25) is 9.59 Å². The third kappa shape index (κ3) is 6.45. The number of hydrogen-bond donors (Lipinski definition) is 3. The molecule has 0 aliphatic rings. The maximum atomic E-state index is 12.3. The summed E-state index contributed by atoms with van der Waals surface area (Å²) in [7, 11) is 0. The Morgan fingerprint density at radius 3 is 2.36 bits per heavy atom. The number of carbonyl (C=O) groups is 2. The van der Waals surface area contributed by atoms with Crippen molar-refractivity contribution in [1.82, 2.24) is 5.32 Å². The van der Waals surface area contributed by atoms with E-state index in [1.54, 1.807) is 24.3 Å². The zero-order valence-electron chi connectivity index (χ0n) is 13.6. The molecule has 6 heteroatoms. The first-order chi connectivity index (χ1) is 9.74. The molecule has 2 amide bonds. The van der Waals surface area contributed by atoms with Crippen LogP contribution < -0.4 is 16.4 Å². The molecule has 1 rings (SSSR count). The number of anilines is 1. The summed E-state index contributed by atoms with van der Waals surface area (Å²) in [5.41, 5.74) is 6.37. The molecule has 5 nitrogen and oxygen atoms in total. The minimum absolute atomic E-state index is 0. The van der Waals surface area contributed by atoms with Gasteiger partial charge in [0, 0.05) is 5.54 Å². The van der Waals surface area contributed by atoms with Crippen LogP contribution in [0.1, 0.15) is 50.9 Å². The maximum Gasteiger partial charge on any atom is 0.253 e. The molecule has 0 saturated heterocycles. The van der Waals surface area contributed by atoms with Gasteiger partial charge in [-0.1, -0.05) is 25.5 Å². The lowest BCUT2D eigenvalue weighted by molar-refractivity contribution is -0.117. The van der Waals surface area contributed by atoms with Crippen molar-refractivity contribution in [2.24, 2.45) is 5.73 Å². The molecule has 0 saturated carbocycles. The molecule has 0 aliphatic carbocycles. The van der Waals surface area contributed by atoms with Crippen molar-refractivity contribution >= 4 is 29.9 Å². The minimum Gasteiger partial charge on any atom is -0.347 e. The van der Waals surface area contributed by atoms with Gasteiger partial charge in [0.15, 0.2) is 0 Å². The lowest BCUT2D eigenvalue weighted by Gasteiger charge is -2.22. The molecule has 1 aromatic rings. The zero-order valence-corrected chi connectivity index (χ0v) is 14.4. The molecule has 22 heavy (non-hydrogen) atoms. The third-order valence-corrected chi connectivity index (χ3v) is 2.85. The molecule has 1 atom stereocenters. The van der Waals surface area contributed by atoms with Crippen molar-refractivity contribution in [2.45, 2.75) is 52.1 Å². The quantitative estimate of drug-likeness (QED) is 0.777. The fourth-order valence-electron chi connectivity index (χ4n) is 1.87. The van der Waals surface area contributed by atoms with E-state index in [0.29, 0.717) is 17.7 Å². The standard InChI is InChI=1S/C16H25N3O2.ClH/c1-5-8-12(17)15(21)18-13-10-7-6-9-11(13)14(20)19-16(2,3)4;/h6-7,9-10,12H,5,8,17H2,1-4H3,(H,18,21)(H,19,20);1H. The first-order valence-electron chi connectivity index (χ1n) is 7.22.